The minimum absolute atomic E-state index is 0.606. The van der Waals surface area contributed by atoms with Gasteiger partial charge >= 0.3 is 0 Å². The smallest absolute Gasteiger partial charge is 0.0937 e. The van der Waals surface area contributed by atoms with Crippen molar-refractivity contribution in [3.05, 3.63) is 32.5 Å². The fourth-order valence-corrected chi connectivity index (χ4v) is 6.33. The van der Waals surface area contributed by atoms with Gasteiger partial charge in [0.25, 0.3) is 0 Å². The first kappa shape index (κ1) is 17.4. The van der Waals surface area contributed by atoms with Crippen molar-refractivity contribution in [3.63, 3.8) is 0 Å². The predicted molar refractivity (Wildman–Crippen MR) is 116 cm³/mol. The van der Waals surface area contributed by atoms with Gasteiger partial charge in [0.2, 0.25) is 0 Å². The molecule has 0 N–H and O–H groups in total. The van der Waals surface area contributed by atoms with E-state index in [0.29, 0.717) is 11.8 Å². The van der Waals surface area contributed by atoms with Gasteiger partial charge in [0.1, 0.15) is 0 Å². The first-order valence-electron chi connectivity index (χ1n) is 10.8. The third kappa shape index (κ3) is 3.11. The second-order valence-corrected chi connectivity index (χ2v) is 10.1. The van der Waals surface area contributed by atoms with Crippen LogP contribution in [0.3, 0.4) is 0 Å². The van der Waals surface area contributed by atoms with Crippen LogP contribution in [0.15, 0.2) is 11.6 Å². The van der Waals surface area contributed by atoms with Crippen molar-refractivity contribution in [3.8, 4) is 23.7 Å². The maximum atomic E-state index is 3.58. The van der Waals surface area contributed by atoms with Crippen molar-refractivity contribution in [2.75, 3.05) is 0 Å². The quantitative estimate of drug-likeness (QED) is 0.470. The van der Waals surface area contributed by atoms with Crippen LogP contribution >= 0.6 is 11.3 Å². The third-order valence-electron chi connectivity index (χ3n) is 6.62. The molecule has 0 amide bonds. The van der Waals surface area contributed by atoms with Gasteiger partial charge in [-0.2, -0.15) is 0 Å². The van der Waals surface area contributed by atoms with Crippen LogP contribution in [0.4, 0.5) is 0 Å². The molecule has 2 atom stereocenters. The van der Waals surface area contributed by atoms with Gasteiger partial charge in [-0.1, -0.05) is 62.9 Å². The lowest BCUT2D eigenvalue weighted by Crippen LogP contribution is -1.99. The Hall–Kier alpha value is -1.70. The molecule has 4 aliphatic carbocycles. The topological polar surface area (TPSA) is 0 Å². The minimum Gasteiger partial charge on any atom is -0.125 e. The largest absolute Gasteiger partial charge is 0.125 e. The molecule has 0 aromatic carbocycles. The Morgan fingerprint density at radius 1 is 1.07 bits per heavy atom. The number of fused-ring (bicyclic) bond motifs is 5. The van der Waals surface area contributed by atoms with Crippen LogP contribution in [0, 0.1) is 47.4 Å². The van der Waals surface area contributed by atoms with E-state index in [1.54, 1.807) is 5.57 Å². The summed E-state index contributed by atoms with van der Waals surface area (Å²) in [7, 11) is 0. The molecule has 0 saturated heterocycles. The molecule has 1 heterocycles. The van der Waals surface area contributed by atoms with E-state index in [-0.39, 0.29) is 0 Å². The first-order chi connectivity index (χ1) is 13.2. The standard InChI is InChI=1S/C26H28S/c1-17(2)7-5-12-21-24(14-13-18-8-3-4-9-18)27-25-16-22-20-11-6-10-19(20)15-23(22)26(21)25/h15-20H,3-4,6-11H2,1-2H3. The summed E-state index contributed by atoms with van der Waals surface area (Å²) < 4.78 is 0. The summed E-state index contributed by atoms with van der Waals surface area (Å²) in [6.07, 6.45) is 15.4. The summed E-state index contributed by atoms with van der Waals surface area (Å²) in [6, 6.07) is 0. The van der Waals surface area contributed by atoms with E-state index in [0.717, 1.165) is 18.3 Å². The van der Waals surface area contributed by atoms with E-state index in [1.807, 2.05) is 11.3 Å². The number of thiophene rings is 1. The Bertz CT molecular complexity index is 938. The van der Waals surface area contributed by atoms with Crippen molar-refractivity contribution in [2.24, 2.45) is 23.7 Å². The predicted octanol–water partition coefficient (Wildman–Crippen LogP) is 6.90. The maximum absolute atomic E-state index is 3.58. The van der Waals surface area contributed by atoms with Gasteiger partial charge in [0.15, 0.2) is 0 Å². The summed E-state index contributed by atoms with van der Waals surface area (Å²) in [4.78, 5) is 2.64. The molecule has 0 nitrogen and oxygen atoms in total. The van der Waals surface area contributed by atoms with E-state index < -0.39 is 0 Å². The van der Waals surface area contributed by atoms with E-state index in [4.69, 9.17) is 0 Å². The Morgan fingerprint density at radius 3 is 2.74 bits per heavy atom. The molecular formula is C26H28S. The molecule has 1 aromatic heterocycles. The molecule has 4 aliphatic rings. The van der Waals surface area contributed by atoms with Crippen molar-refractivity contribution in [1.29, 1.82) is 0 Å². The Labute approximate surface area is 168 Å². The molecule has 1 heteroatoms. The highest BCUT2D eigenvalue weighted by atomic mass is 32.1. The first-order valence-corrected chi connectivity index (χ1v) is 11.6. The van der Waals surface area contributed by atoms with Gasteiger partial charge in [0.05, 0.1) is 10.4 Å². The summed E-state index contributed by atoms with van der Waals surface area (Å²) in [6.45, 7) is 4.49. The average molecular weight is 373 g/mol. The van der Waals surface area contributed by atoms with Gasteiger partial charge in [-0.25, -0.2) is 0 Å². The van der Waals surface area contributed by atoms with Crippen LogP contribution in [0.1, 0.15) is 86.1 Å². The van der Waals surface area contributed by atoms with Gasteiger partial charge in [-0.15, -0.1) is 11.3 Å². The van der Waals surface area contributed by atoms with Crippen molar-refractivity contribution >= 4 is 23.0 Å². The molecule has 138 valence electrons. The third-order valence-corrected chi connectivity index (χ3v) is 7.67. The van der Waals surface area contributed by atoms with E-state index in [1.165, 1.54) is 71.4 Å². The molecule has 5 rings (SSSR count). The van der Waals surface area contributed by atoms with Gasteiger partial charge < -0.3 is 0 Å². The van der Waals surface area contributed by atoms with Crippen LogP contribution in [0.5, 0.6) is 0 Å². The van der Waals surface area contributed by atoms with E-state index >= 15 is 0 Å². The Balaban J connectivity index is 1.55. The van der Waals surface area contributed by atoms with Gasteiger partial charge in [-0.3, -0.25) is 0 Å². The highest BCUT2D eigenvalue weighted by Gasteiger charge is 2.40. The number of hydrogen-bond donors (Lipinski definition) is 0. The highest BCUT2D eigenvalue weighted by molar-refractivity contribution is 7.14. The SMILES string of the molecule is CC(C)CC#Cc1c(C#CC2CCCC2)sc2c1C1=CC3CCCC3C1=C2. The molecule has 2 saturated carbocycles. The minimum atomic E-state index is 0.606. The fourth-order valence-electron chi connectivity index (χ4n) is 5.24. The van der Waals surface area contributed by atoms with E-state index in [9.17, 15) is 0 Å². The molecular weight excluding hydrogens is 344 g/mol. The molecule has 2 fully saturated rings. The summed E-state index contributed by atoms with van der Waals surface area (Å²) in [5.41, 5.74) is 5.79. The van der Waals surface area contributed by atoms with Crippen molar-refractivity contribution in [2.45, 2.75) is 65.2 Å². The molecule has 0 aliphatic heterocycles. The van der Waals surface area contributed by atoms with E-state index in [2.05, 4.69) is 49.7 Å². The summed E-state index contributed by atoms with van der Waals surface area (Å²) in [5.74, 6) is 16.9. The molecule has 27 heavy (non-hydrogen) atoms. The molecule has 0 spiro atoms. The zero-order valence-electron chi connectivity index (χ0n) is 16.5. The lowest BCUT2D eigenvalue weighted by atomic mass is 9.94. The normalized spacial score (nSPS) is 25.3. The lowest BCUT2D eigenvalue weighted by molar-refractivity contribution is 0.567. The zero-order valence-corrected chi connectivity index (χ0v) is 17.3. The zero-order chi connectivity index (χ0) is 18.4. The average Bonchev–Trinajstić information content (AvgIpc) is 3.40. The molecule has 0 bridgehead atoms. The van der Waals surface area contributed by atoms with Crippen LogP contribution in [0.25, 0.3) is 11.6 Å². The maximum Gasteiger partial charge on any atom is 0.0937 e. The molecule has 1 aromatic rings. The molecule has 0 radical (unpaired) electrons. The highest BCUT2D eigenvalue weighted by Crippen LogP contribution is 2.56. The van der Waals surface area contributed by atoms with Crippen LogP contribution < -0.4 is 0 Å². The summed E-state index contributed by atoms with van der Waals surface area (Å²) in [5, 5.41) is 0. The Morgan fingerprint density at radius 2 is 1.93 bits per heavy atom. The lowest BCUT2D eigenvalue weighted by Gasteiger charge is -2.09. The van der Waals surface area contributed by atoms with Crippen LogP contribution in [-0.4, -0.2) is 0 Å². The van der Waals surface area contributed by atoms with Crippen molar-refractivity contribution in [1.82, 2.24) is 0 Å². The van der Waals surface area contributed by atoms with Crippen molar-refractivity contribution < 1.29 is 0 Å². The second kappa shape index (κ2) is 7.04. The van der Waals surface area contributed by atoms with Crippen LogP contribution in [-0.2, 0) is 0 Å². The number of hydrogen-bond acceptors (Lipinski definition) is 1. The monoisotopic (exact) mass is 372 g/mol. The number of allylic oxidation sites excluding steroid dienone is 3. The summed E-state index contributed by atoms with van der Waals surface area (Å²) >= 11 is 1.89. The van der Waals surface area contributed by atoms with Crippen LogP contribution in [0.2, 0.25) is 0 Å². The Kier molecular flexibility index (Phi) is 4.53. The molecule has 2 unspecified atom stereocenters. The van der Waals surface area contributed by atoms with Gasteiger partial charge in [0, 0.05) is 22.8 Å². The second-order valence-electron chi connectivity index (χ2n) is 9.08. The number of rotatable bonds is 1. The fraction of sp³-hybridized carbons (Fsp3) is 0.538. The van der Waals surface area contributed by atoms with Gasteiger partial charge in [-0.05, 0) is 60.7 Å².